The van der Waals surface area contributed by atoms with Crippen molar-refractivity contribution in [3.8, 4) is 0 Å². The van der Waals surface area contributed by atoms with Crippen LogP contribution in [0.4, 0.5) is 5.69 Å². The van der Waals surface area contributed by atoms with Crippen molar-refractivity contribution >= 4 is 52.5 Å². The highest BCUT2D eigenvalue weighted by atomic mass is 35.5. The Bertz CT molecular complexity index is 1020. The molecule has 0 spiro atoms. The Morgan fingerprint density at radius 2 is 1.83 bits per heavy atom. The van der Waals surface area contributed by atoms with E-state index in [2.05, 4.69) is 25.8 Å². The van der Waals surface area contributed by atoms with Gasteiger partial charge in [-0.15, -0.1) is 5.10 Å². The average molecular weight is 450 g/mol. The SMILES string of the molecule is Cc1cc(Cl)ccc1NC(=O)CSc1n[nH]c(CNC(=O)c2ccc(Cl)cc2)n1. The van der Waals surface area contributed by atoms with Gasteiger partial charge in [0.15, 0.2) is 0 Å². The van der Waals surface area contributed by atoms with Gasteiger partial charge < -0.3 is 10.6 Å². The number of nitrogens with one attached hydrogen (secondary N) is 3. The molecule has 0 unspecified atom stereocenters. The number of aryl methyl sites for hydroxylation is 1. The summed E-state index contributed by atoms with van der Waals surface area (Å²) in [6.07, 6.45) is 0. The second-order valence-electron chi connectivity index (χ2n) is 6.05. The van der Waals surface area contributed by atoms with E-state index >= 15 is 0 Å². The Balaban J connectivity index is 1.46. The standard InChI is InChI=1S/C19H17Cl2N5O2S/c1-11-8-14(21)6-7-15(11)23-17(27)10-29-19-24-16(25-26-19)9-22-18(28)12-2-4-13(20)5-3-12/h2-8H,9-10H2,1H3,(H,22,28)(H,23,27)(H,24,25,26). The fourth-order valence-electron chi connectivity index (χ4n) is 2.37. The second-order valence-corrected chi connectivity index (χ2v) is 7.87. The summed E-state index contributed by atoms with van der Waals surface area (Å²) < 4.78 is 0. The van der Waals surface area contributed by atoms with Crippen molar-refractivity contribution in [1.29, 1.82) is 0 Å². The maximum Gasteiger partial charge on any atom is 0.251 e. The Labute approximate surface area is 181 Å². The number of rotatable bonds is 7. The van der Waals surface area contributed by atoms with Gasteiger partial charge >= 0.3 is 0 Å². The molecule has 0 aliphatic rings. The van der Waals surface area contributed by atoms with Crippen molar-refractivity contribution in [3.05, 3.63) is 69.5 Å². The van der Waals surface area contributed by atoms with Crippen LogP contribution in [0.25, 0.3) is 0 Å². The molecule has 2 amide bonds. The molecule has 3 aromatic rings. The molecule has 0 saturated heterocycles. The van der Waals surface area contributed by atoms with Gasteiger partial charge in [0.1, 0.15) is 5.82 Å². The normalized spacial score (nSPS) is 10.6. The van der Waals surface area contributed by atoms with Crippen LogP contribution >= 0.6 is 35.0 Å². The lowest BCUT2D eigenvalue weighted by atomic mass is 10.2. The van der Waals surface area contributed by atoms with Gasteiger partial charge in [-0.3, -0.25) is 14.7 Å². The van der Waals surface area contributed by atoms with Crippen molar-refractivity contribution in [1.82, 2.24) is 20.5 Å². The lowest BCUT2D eigenvalue weighted by Gasteiger charge is -2.07. The van der Waals surface area contributed by atoms with Crippen molar-refractivity contribution in [2.45, 2.75) is 18.6 Å². The van der Waals surface area contributed by atoms with Gasteiger partial charge in [-0.05, 0) is 55.0 Å². The summed E-state index contributed by atoms with van der Waals surface area (Å²) in [6, 6.07) is 11.8. The molecule has 0 aliphatic carbocycles. The zero-order valence-electron chi connectivity index (χ0n) is 15.3. The van der Waals surface area contributed by atoms with Gasteiger partial charge in [0, 0.05) is 21.3 Å². The number of aromatic amines is 1. The summed E-state index contributed by atoms with van der Waals surface area (Å²) in [6.45, 7) is 2.06. The Hall–Kier alpha value is -2.55. The molecular weight excluding hydrogens is 433 g/mol. The van der Waals surface area contributed by atoms with Crippen LogP contribution in [-0.2, 0) is 11.3 Å². The van der Waals surface area contributed by atoms with E-state index in [-0.39, 0.29) is 24.1 Å². The highest BCUT2D eigenvalue weighted by molar-refractivity contribution is 7.99. The van der Waals surface area contributed by atoms with Crippen LogP contribution in [-0.4, -0.2) is 32.7 Å². The molecule has 10 heteroatoms. The molecule has 29 heavy (non-hydrogen) atoms. The van der Waals surface area contributed by atoms with Gasteiger partial charge in [-0.1, -0.05) is 35.0 Å². The van der Waals surface area contributed by atoms with Crippen LogP contribution in [0.2, 0.25) is 10.0 Å². The number of amides is 2. The van der Waals surface area contributed by atoms with E-state index in [1.807, 2.05) is 6.92 Å². The minimum absolute atomic E-state index is 0.149. The Morgan fingerprint density at radius 3 is 2.55 bits per heavy atom. The number of nitrogens with zero attached hydrogens (tertiary/aromatic N) is 2. The Morgan fingerprint density at radius 1 is 1.10 bits per heavy atom. The molecular formula is C19H17Cl2N5O2S. The van der Waals surface area contributed by atoms with Crippen LogP contribution in [0.15, 0.2) is 47.6 Å². The number of hydrogen-bond acceptors (Lipinski definition) is 5. The quantitative estimate of drug-likeness (QED) is 0.471. The zero-order chi connectivity index (χ0) is 20.8. The molecule has 0 aliphatic heterocycles. The summed E-state index contributed by atoms with van der Waals surface area (Å²) in [5.41, 5.74) is 2.09. The predicted octanol–water partition coefficient (Wildman–Crippen LogP) is 4.08. The first kappa shape index (κ1) is 21.2. The summed E-state index contributed by atoms with van der Waals surface area (Å²) in [7, 11) is 0. The van der Waals surface area contributed by atoms with Crippen molar-refractivity contribution < 1.29 is 9.59 Å². The smallest absolute Gasteiger partial charge is 0.251 e. The third-order valence-electron chi connectivity index (χ3n) is 3.83. The predicted molar refractivity (Wildman–Crippen MR) is 115 cm³/mol. The highest BCUT2D eigenvalue weighted by Gasteiger charge is 2.11. The van der Waals surface area contributed by atoms with E-state index in [1.165, 1.54) is 11.8 Å². The van der Waals surface area contributed by atoms with E-state index in [0.29, 0.717) is 32.3 Å². The lowest BCUT2D eigenvalue weighted by molar-refractivity contribution is -0.113. The van der Waals surface area contributed by atoms with E-state index in [0.717, 1.165) is 5.56 Å². The third-order valence-corrected chi connectivity index (χ3v) is 5.16. The zero-order valence-corrected chi connectivity index (χ0v) is 17.7. The number of hydrogen-bond donors (Lipinski definition) is 3. The van der Waals surface area contributed by atoms with E-state index in [1.54, 1.807) is 42.5 Å². The third kappa shape index (κ3) is 6.22. The summed E-state index contributed by atoms with van der Waals surface area (Å²) in [5, 5.41) is 14.0. The first-order chi connectivity index (χ1) is 13.9. The van der Waals surface area contributed by atoms with Crippen LogP contribution in [0.5, 0.6) is 0 Å². The fourth-order valence-corrected chi connectivity index (χ4v) is 3.34. The molecule has 0 radical (unpaired) electrons. The molecule has 1 aromatic heterocycles. The number of carbonyl (C=O) groups is 2. The molecule has 3 rings (SSSR count). The number of H-pyrrole nitrogens is 1. The van der Waals surface area contributed by atoms with Gasteiger partial charge in [-0.2, -0.15) is 0 Å². The molecule has 3 N–H and O–H groups in total. The molecule has 1 heterocycles. The molecule has 2 aromatic carbocycles. The van der Waals surface area contributed by atoms with Crippen molar-refractivity contribution in [3.63, 3.8) is 0 Å². The maximum atomic E-state index is 12.1. The van der Waals surface area contributed by atoms with E-state index < -0.39 is 0 Å². The maximum absolute atomic E-state index is 12.1. The van der Waals surface area contributed by atoms with Crippen LogP contribution in [0.1, 0.15) is 21.7 Å². The van der Waals surface area contributed by atoms with Crippen molar-refractivity contribution in [2.75, 3.05) is 11.1 Å². The van der Waals surface area contributed by atoms with Crippen LogP contribution < -0.4 is 10.6 Å². The van der Waals surface area contributed by atoms with Gasteiger partial charge in [0.25, 0.3) is 5.91 Å². The van der Waals surface area contributed by atoms with E-state index in [9.17, 15) is 9.59 Å². The van der Waals surface area contributed by atoms with Gasteiger partial charge in [0.2, 0.25) is 11.1 Å². The highest BCUT2D eigenvalue weighted by Crippen LogP contribution is 2.20. The molecule has 0 bridgehead atoms. The first-order valence-electron chi connectivity index (χ1n) is 8.54. The van der Waals surface area contributed by atoms with Crippen LogP contribution in [0, 0.1) is 6.92 Å². The number of thioether (sulfide) groups is 1. The van der Waals surface area contributed by atoms with E-state index in [4.69, 9.17) is 23.2 Å². The average Bonchev–Trinajstić information content (AvgIpc) is 3.15. The number of carbonyl (C=O) groups excluding carboxylic acids is 2. The van der Waals surface area contributed by atoms with Crippen molar-refractivity contribution in [2.24, 2.45) is 0 Å². The molecule has 0 atom stereocenters. The number of benzene rings is 2. The molecule has 0 fully saturated rings. The summed E-state index contributed by atoms with van der Waals surface area (Å²) >= 11 is 12.9. The minimum atomic E-state index is -0.245. The Kier molecular flexibility index (Phi) is 7.13. The van der Waals surface area contributed by atoms with Gasteiger partial charge in [0.05, 0.1) is 12.3 Å². The minimum Gasteiger partial charge on any atom is -0.345 e. The monoisotopic (exact) mass is 449 g/mol. The topological polar surface area (TPSA) is 99.8 Å². The summed E-state index contributed by atoms with van der Waals surface area (Å²) in [4.78, 5) is 28.5. The van der Waals surface area contributed by atoms with Crippen LogP contribution in [0.3, 0.4) is 0 Å². The number of anilines is 1. The number of aromatic nitrogens is 3. The number of halogens is 2. The molecule has 7 nitrogen and oxygen atoms in total. The van der Waals surface area contributed by atoms with Gasteiger partial charge in [-0.25, -0.2) is 4.98 Å². The first-order valence-corrected chi connectivity index (χ1v) is 10.3. The largest absolute Gasteiger partial charge is 0.345 e. The lowest BCUT2D eigenvalue weighted by Crippen LogP contribution is -2.23. The molecule has 150 valence electrons. The molecule has 0 saturated carbocycles. The summed E-state index contributed by atoms with van der Waals surface area (Å²) in [5.74, 6) is 0.216. The fraction of sp³-hybridized carbons (Fsp3) is 0.158. The second kappa shape index (κ2) is 9.78.